The molecule has 262 valence electrons. The maximum atomic E-state index is 5.50. The predicted octanol–water partition coefficient (Wildman–Crippen LogP) is 13.4. The average molecular weight is 699 g/mol. The molecule has 2 aliphatic rings. The maximum Gasteiger partial charge on any atom is 0.0967 e. The van der Waals surface area contributed by atoms with Gasteiger partial charge in [0.05, 0.1) is 39.0 Å². The molecule has 54 heavy (non-hydrogen) atoms. The van der Waals surface area contributed by atoms with E-state index in [0.717, 1.165) is 22.4 Å². The van der Waals surface area contributed by atoms with Crippen molar-refractivity contribution in [2.75, 3.05) is 4.90 Å². The van der Waals surface area contributed by atoms with Crippen LogP contribution < -0.4 is 4.90 Å². The van der Waals surface area contributed by atoms with E-state index in [1.54, 1.807) is 0 Å². The monoisotopic (exact) mass is 698 g/mol. The van der Waals surface area contributed by atoms with Gasteiger partial charge in [0.1, 0.15) is 0 Å². The first-order valence-corrected chi connectivity index (χ1v) is 19.6. The van der Waals surface area contributed by atoms with Crippen molar-refractivity contribution in [3.8, 4) is 11.4 Å². The van der Waals surface area contributed by atoms with E-state index in [0.29, 0.717) is 5.92 Å². The lowest BCUT2D eigenvalue weighted by molar-refractivity contribution is 0.437. The Bertz CT molecular complexity index is 2850. The SMILES string of the molecule is CC1(C)c2ccccc2N(c2ccc3c(c2)c2ccccc2n3-c2ccc3c(c2)c2nc(C4CCCCC4)ccc2n3-c2ccccc2)c2ccccc21. The summed E-state index contributed by atoms with van der Waals surface area (Å²) in [5.41, 5.74) is 15.6. The molecule has 4 heterocycles. The molecule has 4 heteroatoms. The fraction of sp³-hybridized carbons (Fsp3) is 0.180. The molecule has 4 nitrogen and oxygen atoms in total. The number of benzene rings is 6. The third kappa shape index (κ3) is 4.59. The van der Waals surface area contributed by atoms with Crippen LogP contribution in [0.25, 0.3) is 55.1 Å². The highest BCUT2D eigenvalue weighted by Gasteiger charge is 2.36. The van der Waals surface area contributed by atoms with Crippen LogP contribution in [0.5, 0.6) is 0 Å². The van der Waals surface area contributed by atoms with Crippen molar-refractivity contribution in [3.63, 3.8) is 0 Å². The van der Waals surface area contributed by atoms with Gasteiger partial charge in [0.15, 0.2) is 0 Å². The molecule has 1 fully saturated rings. The highest BCUT2D eigenvalue weighted by Crippen LogP contribution is 2.52. The van der Waals surface area contributed by atoms with Gasteiger partial charge in [-0.25, -0.2) is 0 Å². The standard InChI is InChI=1S/C50H42N4/c1-50(2)40-20-10-13-23-46(40)54(47-24-14-11-21-41(47)50)35-25-28-44-38(31-35)37-19-9-12-22-43(37)53(44)36-26-29-45-39(32-36)49-48(52(45)34-17-7-4-8-18-34)30-27-42(51-49)33-15-5-3-6-16-33/h4,7-14,17-33H,3,5-6,15-16H2,1-2H3. The summed E-state index contributed by atoms with van der Waals surface area (Å²) in [5.74, 6) is 0.540. The molecule has 0 N–H and O–H groups in total. The second-order valence-corrected chi connectivity index (χ2v) is 15.9. The normalized spacial score (nSPS) is 15.6. The Morgan fingerprint density at radius 1 is 0.481 bits per heavy atom. The molecule has 0 amide bonds. The molecule has 0 unspecified atom stereocenters. The number of hydrogen-bond acceptors (Lipinski definition) is 2. The van der Waals surface area contributed by atoms with Crippen molar-refractivity contribution in [2.24, 2.45) is 0 Å². The van der Waals surface area contributed by atoms with Crippen molar-refractivity contribution in [3.05, 3.63) is 168 Å². The quantitative estimate of drug-likeness (QED) is 0.183. The van der Waals surface area contributed by atoms with E-state index in [-0.39, 0.29) is 5.41 Å². The smallest absolute Gasteiger partial charge is 0.0967 e. The first kappa shape index (κ1) is 31.4. The summed E-state index contributed by atoms with van der Waals surface area (Å²) in [4.78, 5) is 7.95. The highest BCUT2D eigenvalue weighted by molar-refractivity contribution is 6.12. The fourth-order valence-electron chi connectivity index (χ4n) is 9.83. The van der Waals surface area contributed by atoms with Crippen molar-refractivity contribution in [1.82, 2.24) is 14.1 Å². The van der Waals surface area contributed by atoms with Crippen molar-refractivity contribution >= 4 is 60.8 Å². The van der Waals surface area contributed by atoms with Gasteiger partial charge in [0.25, 0.3) is 0 Å². The average Bonchev–Trinajstić information content (AvgIpc) is 3.73. The second-order valence-electron chi connectivity index (χ2n) is 15.9. The molecule has 1 saturated carbocycles. The molecular formula is C50H42N4. The first-order chi connectivity index (χ1) is 26.6. The molecule has 0 saturated heterocycles. The van der Waals surface area contributed by atoms with Gasteiger partial charge in [-0.3, -0.25) is 4.98 Å². The summed E-state index contributed by atoms with van der Waals surface area (Å²) in [6, 6.07) is 56.0. The Balaban J connectivity index is 1.12. The molecule has 3 aromatic heterocycles. The Labute approximate surface area is 315 Å². The molecular weight excluding hydrogens is 657 g/mol. The number of rotatable bonds is 4. The van der Waals surface area contributed by atoms with E-state index < -0.39 is 0 Å². The zero-order valence-electron chi connectivity index (χ0n) is 30.8. The van der Waals surface area contributed by atoms with Gasteiger partial charge in [-0.05, 0) is 103 Å². The molecule has 0 spiro atoms. The molecule has 6 aromatic carbocycles. The van der Waals surface area contributed by atoms with Crippen LogP contribution in [-0.2, 0) is 5.41 Å². The molecule has 0 radical (unpaired) electrons. The number of nitrogens with zero attached hydrogens (tertiary/aromatic N) is 4. The van der Waals surface area contributed by atoms with Crippen LogP contribution in [0.15, 0.2) is 152 Å². The Kier molecular flexibility index (Phi) is 6.94. The third-order valence-electron chi connectivity index (χ3n) is 12.5. The minimum Gasteiger partial charge on any atom is -0.310 e. The van der Waals surface area contributed by atoms with Crippen LogP contribution >= 0.6 is 0 Å². The van der Waals surface area contributed by atoms with Crippen molar-refractivity contribution < 1.29 is 0 Å². The summed E-state index contributed by atoms with van der Waals surface area (Å²) >= 11 is 0. The molecule has 0 bridgehead atoms. The van der Waals surface area contributed by atoms with Crippen molar-refractivity contribution in [1.29, 1.82) is 0 Å². The number of hydrogen-bond donors (Lipinski definition) is 0. The summed E-state index contributed by atoms with van der Waals surface area (Å²) in [6.45, 7) is 4.69. The number of fused-ring (bicyclic) bond motifs is 8. The van der Waals surface area contributed by atoms with E-state index in [2.05, 4.69) is 180 Å². The van der Waals surface area contributed by atoms with Crippen LogP contribution in [0.3, 0.4) is 0 Å². The van der Waals surface area contributed by atoms with E-state index in [1.807, 2.05) is 0 Å². The van der Waals surface area contributed by atoms with Crippen LogP contribution in [0.4, 0.5) is 17.1 Å². The molecule has 0 atom stereocenters. The van der Waals surface area contributed by atoms with Gasteiger partial charge in [-0.2, -0.15) is 0 Å². The van der Waals surface area contributed by atoms with Gasteiger partial charge < -0.3 is 14.0 Å². The van der Waals surface area contributed by atoms with E-state index >= 15 is 0 Å². The van der Waals surface area contributed by atoms with Gasteiger partial charge in [-0.15, -0.1) is 0 Å². The molecule has 1 aliphatic carbocycles. The van der Waals surface area contributed by atoms with Crippen LogP contribution in [0.2, 0.25) is 0 Å². The molecule has 9 aromatic rings. The highest BCUT2D eigenvalue weighted by atomic mass is 15.2. The van der Waals surface area contributed by atoms with Crippen LogP contribution in [0.1, 0.15) is 68.7 Å². The van der Waals surface area contributed by atoms with E-state index in [1.165, 1.54) is 98.7 Å². The first-order valence-electron chi connectivity index (χ1n) is 19.6. The zero-order valence-corrected chi connectivity index (χ0v) is 30.8. The van der Waals surface area contributed by atoms with E-state index in [9.17, 15) is 0 Å². The minimum absolute atomic E-state index is 0.0991. The van der Waals surface area contributed by atoms with Crippen LogP contribution in [0, 0.1) is 0 Å². The van der Waals surface area contributed by atoms with Gasteiger partial charge in [-0.1, -0.05) is 106 Å². The van der Waals surface area contributed by atoms with Crippen molar-refractivity contribution in [2.45, 2.75) is 57.3 Å². The number of anilines is 3. The summed E-state index contributed by atoms with van der Waals surface area (Å²) in [6.07, 6.45) is 6.40. The minimum atomic E-state index is -0.0991. The van der Waals surface area contributed by atoms with E-state index in [4.69, 9.17) is 4.98 Å². The Morgan fingerprint density at radius 2 is 1.06 bits per heavy atom. The van der Waals surface area contributed by atoms with Gasteiger partial charge in [0, 0.05) is 50.2 Å². The number of para-hydroxylation sites is 4. The van der Waals surface area contributed by atoms with Crippen LogP contribution in [-0.4, -0.2) is 14.1 Å². The fourth-order valence-corrected chi connectivity index (χ4v) is 9.83. The van der Waals surface area contributed by atoms with Gasteiger partial charge in [0.2, 0.25) is 0 Å². The second kappa shape index (κ2) is 11.9. The summed E-state index contributed by atoms with van der Waals surface area (Å²) in [7, 11) is 0. The molecule has 11 rings (SSSR count). The lowest BCUT2D eigenvalue weighted by Crippen LogP contribution is -2.30. The summed E-state index contributed by atoms with van der Waals surface area (Å²) in [5, 5.41) is 3.68. The maximum absolute atomic E-state index is 5.50. The Hall–Kier alpha value is -6.13. The number of aromatic nitrogens is 3. The Morgan fingerprint density at radius 3 is 1.81 bits per heavy atom. The largest absolute Gasteiger partial charge is 0.310 e. The lowest BCUT2D eigenvalue weighted by Gasteiger charge is -2.42. The third-order valence-corrected chi connectivity index (χ3v) is 12.5. The summed E-state index contributed by atoms with van der Waals surface area (Å²) < 4.78 is 4.84. The lowest BCUT2D eigenvalue weighted by atomic mass is 9.73. The predicted molar refractivity (Wildman–Crippen MR) is 226 cm³/mol. The zero-order chi connectivity index (χ0) is 36.0. The molecule has 1 aliphatic heterocycles. The topological polar surface area (TPSA) is 26.0 Å². The number of pyridine rings is 1. The van der Waals surface area contributed by atoms with Gasteiger partial charge >= 0.3 is 0 Å².